The van der Waals surface area contributed by atoms with Crippen LogP contribution in [-0.2, 0) is 0 Å². The first-order valence-electron chi connectivity index (χ1n) is 5.03. The van der Waals surface area contributed by atoms with Crippen LogP contribution in [0.25, 0.3) is 0 Å². The summed E-state index contributed by atoms with van der Waals surface area (Å²) in [6, 6.07) is 0.277. The zero-order valence-corrected chi connectivity index (χ0v) is 9.51. The van der Waals surface area contributed by atoms with E-state index >= 15 is 0 Å². The monoisotopic (exact) mass is 184 g/mol. The normalized spacial score (nSPS) is 14.6. The first kappa shape index (κ1) is 12.7. The number of nitrogens with two attached hydrogens (primary N) is 1. The van der Waals surface area contributed by atoms with Crippen LogP contribution in [0.2, 0.25) is 0 Å². The molecule has 0 bridgehead atoms. The molecule has 1 unspecified atom stereocenters. The molecule has 0 aromatic rings. The van der Waals surface area contributed by atoms with Crippen LogP contribution in [0.15, 0.2) is 12.7 Å². The highest BCUT2D eigenvalue weighted by Crippen LogP contribution is 2.13. The summed E-state index contributed by atoms with van der Waals surface area (Å²) in [7, 11) is 0. The predicted octanol–water partition coefficient (Wildman–Crippen LogP) is 2.01. The van der Waals surface area contributed by atoms with E-state index in [0.717, 1.165) is 19.5 Å². The van der Waals surface area contributed by atoms with Crippen LogP contribution in [0, 0.1) is 0 Å². The summed E-state index contributed by atoms with van der Waals surface area (Å²) in [5, 5.41) is 0. The van der Waals surface area contributed by atoms with E-state index in [1.807, 2.05) is 6.08 Å². The van der Waals surface area contributed by atoms with Crippen molar-refractivity contribution in [2.24, 2.45) is 5.73 Å². The van der Waals surface area contributed by atoms with Gasteiger partial charge in [-0.25, -0.2) is 0 Å². The van der Waals surface area contributed by atoms with Crippen LogP contribution < -0.4 is 5.73 Å². The molecule has 0 aromatic heterocycles. The topological polar surface area (TPSA) is 29.3 Å². The number of nitrogens with zero attached hydrogens (tertiary/aromatic N) is 1. The second-order valence-corrected chi connectivity index (χ2v) is 4.53. The molecule has 0 aliphatic carbocycles. The molecule has 2 N–H and O–H groups in total. The maximum absolute atomic E-state index is 5.92. The fourth-order valence-electron chi connectivity index (χ4n) is 1.19. The molecule has 0 saturated carbocycles. The molecule has 0 spiro atoms. The van der Waals surface area contributed by atoms with Crippen molar-refractivity contribution in [2.45, 2.75) is 45.7 Å². The molecule has 0 aliphatic heterocycles. The van der Waals surface area contributed by atoms with Gasteiger partial charge in [0, 0.05) is 24.7 Å². The van der Waals surface area contributed by atoms with E-state index in [2.05, 4.69) is 39.2 Å². The van der Waals surface area contributed by atoms with E-state index in [1.165, 1.54) is 0 Å². The lowest BCUT2D eigenvalue weighted by Gasteiger charge is -2.36. The van der Waals surface area contributed by atoms with Crippen LogP contribution >= 0.6 is 0 Å². The van der Waals surface area contributed by atoms with Gasteiger partial charge in [-0.15, -0.1) is 6.58 Å². The molecule has 0 radical (unpaired) electrons. The van der Waals surface area contributed by atoms with Gasteiger partial charge in [-0.3, -0.25) is 4.90 Å². The van der Waals surface area contributed by atoms with Crippen molar-refractivity contribution in [1.82, 2.24) is 4.90 Å². The predicted molar refractivity (Wildman–Crippen MR) is 59.8 cm³/mol. The summed E-state index contributed by atoms with van der Waals surface area (Å²) in [5.74, 6) is 0. The molecule has 0 fully saturated rings. The average Bonchev–Trinajstić information content (AvgIpc) is 2.01. The zero-order valence-electron chi connectivity index (χ0n) is 9.51. The van der Waals surface area contributed by atoms with Gasteiger partial charge >= 0.3 is 0 Å². The minimum atomic E-state index is 0.182. The molecule has 2 nitrogen and oxygen atoms in total. The Morgan fingerprint density at radius 1 is 1.46 bits per heavy atom. The Balaban J connectivity index is 4.17. The molecule has 0 aliphatic rings. The fraction of sp³-hybridized carbons (Fsp3) is 0.818. The summed E-state index contributed by atoms with van der Waals surface area (Å²) in [5.41, 5.74) is 6.11. The molecule has 0 saturated heterocycles. The van der Waals surface area contributed by atoms with Gasteiger partial charge in [0.05, 0.1) is 0 Å². The van der Waals surface area contributed by atoms with Crippen molar-refractivity contribution in [3.8, 4) is 0 Å². The maximum atomic E-state index is 5.92. The number of rotatable bonds is 5. The van der Waals surface area contributed by atoms with Crippen LogP contribution in [-0.4, -0.2) is 29.6 Å². The molecular formula is C11H24N2. The van der Waals surface area contributed by atoms with Gasteiger partial charge in [0.2, 0.25) is 0 Å². The third kappa shape index (κ3) is 5.06. The first-order chi connectivity index (χ1) is 5.91. The molecule has 0 heterocycles. The smallest absolute Gasteiger partial charge is 0.0166 e. The Labute approximate surface area is 82.8 Å². The summed E-state index contributed by atoms with van der Waals surface area (Å²) >= 11 is 0. The highest BCUT2D eigenvalue weighted by atomic mass is 15.2. The Morgan fingerprint density at radius 2 is 2.00 bits per heavy atom. The van der Waals surface area contributed by atoms with Gasteiger partial charge < -0.3 is 5.73 Å². The second kappa shape index (κ2) is 5.40. The third-order valence-corrected chi connectivity index (χ3v) is 2.28. The summed E-state index contributed by atoms with van der Waals surface area (Å²) in [4.78, 5) is 2.36. The van der Waals surface area contributed by atoms with Gasteiger partial charge in [-0.1, -0.05) is 13.0 Å². The Morgan fingerprint density at radius 3 is 2.31 bits per heavy atom. The molecule has 0 aromatic carbocycles. The fourth-order valence-corrected chi connectivity index (χ4v) is 1.19. The van der Waals surface area contributed by atoms with Crippen molar-refractivity contribution in [3.05, 3.63) is 12.7 Å². The van der Waals surface area contributed by atoms with Gasteiger partial charge in [-0.2, -0.15) is 0 Å². The lowest BCUT2D eigenvalue weighted by atomic mass is 10.0. The first-order valence-corrected chi connectivity index (χ1v) is 5.03. The van der Waals surface area contributed by atoms with E-state index in [1.54, 1.807) is 0 Å². The Kier molecular flexibility index (Phi) is 5.26. The van der Waals surface area contributed by atoms with E-state index in [9.17, 15) is 0 Å². The molecule has 0 amide bonds. The number of hydrogen-bond donors (Lipinski definition) is 1. The third-order valence-electron chi connectivity index (χ3n) is 2.28. The molecule has 0 rings (SSSR count). The SMILES string of the molecule is C=CCN(CC(N)CC)C(C)(C)C. The van der Waals surface area contributed by atoms with Crippen molar-refractivity contribution >= 4 is 0 Å². The van der Waals surface area contributed by atoms with Gasteiger partial charge in [0.25, 0.3) is 0 Å². The molecule has 1 atom stereocenters. The highest BCUT2D eigenvalue weighted by molar-refractivity contribution is 4.84. The van der Waals surface area contributed by atoms with Gasteiger partial charge in [0.1, 0.15) is 0 Å². The van der Waals surface area contributed by atoms with Crippen molar-refractivity contribution in [2.75, 3.05) is 13.1 Å². The van der Waals surface area contributed by atoms with Crippen LogP contribution in [0.4, 0.5) is 0 Å². The van der Waals surface area contributed by atoms with E-state index in [0.29, 0.717) is 0 Å². The lowest BCUT2D eigenvalue weighted by Crippen LogP contribution is -2.47. The van der Waals surface area contributed by atoms with E-state index in [-0.39, 0.29) is 11.6 Å². The molecule has 13 heavy (non-hydrogen) atoms. The second-order valence-electron chi connectivity index (χ2n) is 4.53. The average molecular weight is 184 g/mol. The van der Waals surface area contributed by atoms with Crippen molar-refractivity contribution < 1.29 is 0 Å². The van der Waals surface area contributed by atoms with Crippen molar-refractivity contribution in [3.63, 3.8) is 0 Å². The minimum Gasteiger partial charge on any atom is -0.327 e. The van der Waals surface area contributed by atoms with Crippen molar-refractivity contribution in [1.29, 1.82) is 0 Å². The number of hydrogen-bond acceptors (Lipinski definition) is 2. The van der Waals surface area contributed by atoms with E-state index < -0.39 is 0 Å². The Hall–Kier alpha value is -0.340. The summed E-state index contributed by atoms with van der Waals surface area (Å²) < 4.78 is 0. The largest absolute Gasteiger partial charge is 0.327 e. The van der Waals surface area contributed by atoms with Crippen LogP contribution in [0.5, 0.6) is 0 Å². The van der Waals surface area contributed by atoms with Crippen LogP contribution in [0.3, 0.4) is 0 Å². The van der Waals surface area contributed by atoms with Gasteiger partial charge in [-0.05, 0) is 27.2 Å². The summed E-state index contributed by atoms with van der Waals surface area (Å²) in [6.45, 7) is 14.4. The highest BCUT2D eigenvalue weighted by Gasteiger charge is 2.21. The van der Waals surface area contributed by atoms with Gasteiger partial charge in [0.15, 0.2) is 0 Å². The zero-order chi connectivity index (χ0) is 10.5. The maximum Gasteiger partial charge on any atom is 0.0166 e. The quantitative estimate of drug-likeness (QED) is 0.662. The molecule has 2 heteroatoms. The minimum absolute atomic E-state index is 0.182. The summed E-state index contributed by atoms with van der Waals surface area (Å²) in [6.07, 6.45) is 2.97. The molecule has 78 valence electrons. The Bertz CT molecular complexity index is 147. The van der Waals surface area contributed by atoms with E-state index in [4.69, 9.17) is 5.73 Å². The van der Waals surface area contributed by atoms with Crippen LogP contribution in [0.1, 0.15) is 34.1 Å². The molecular weight excluding hydrogens is 160 g/mol. The lowest BCUT2D eigenvalue weighted by molar-refractivity contribution is 0.143. The standard InChI is InChI=1S/C11H24N2/c1-6-8-13(11(3,4)5)9-10(12)7-2/h6,10H,1,7-9,12H2,2-5H3.